The van der Waals surface area contributed by atoms with Gasteiger partial charge in [-0.2, -0.15) is 0 Å². The van der Waals surface area contributed by atoms with Crippen LogP contribution in [0.2, 0.25) is 0 Å². The van der Waals surface area contributed by atoms with Crippen LogP contribution >= 0.6 is 0 Å². The summed E-state index contributed by atoms with van der Waals surface area (Å²) in [6.07, 6.45) is 2.39. The topological polar surface area (TPSA) is 58.3 Å². The fourth-order valence-corrected chi connectivity index (χ4v) is 0.886. The molecule has 0 amide bonds. The van der Waals surface area contributed by atoms with Gasteiger partial charge >= 0.3 is 0 Å². The first kappa shape index (κ1) is 11.6. The third-order valence-electron chi connectivity index (χ3n) is 1.90. The van der Waals surface area contributed by atoms with Crippen molar-refractivity contribution in [2.45, 2.75) is 26.4 Å². The minimum absolute atomic E-state index is 0.305. The van der Waals surface area contributed by atoms with Gasteiger partial charge in [0.1, 0.15) is 0 Å². The van der Waals surface area contributed by atoms with Gasteiger partial charge in [0.15, 0.2) is 0 Å². The number of aliphatic hydroxyl groups is 1. The Labute approximate surface area is 74.7 Å². The minimum Gasteiger partial charge on any atom is -0.389 e. The molecule has 0 bridgehead atoms. The van der Waals surface area contributed by atoms with Crippen LogP contribution in [0.25, 0.3) is 0 Å². The lowest BCUT2D eigenvalue weighted by Gasteiger charge is -2.10. The molecule has 0 aliphatic rings. The molecule has 0 spiro atoms. The normalized spacial score (nSPS) is 14.8. The van der Waals surface area contributed by atoms with Crippen LogP contribution < -0.4 is 11.1 Å². The van der Waals surface area contributed by atoms with Crippen molar-refractivity contribution in [1.29, 1.82) is 0 Å². The summed E-state index contributed by atoms with van der Waals surface area (Å²) >= 11 is 0. The molecular formula is C9H20N2O. The maximum atomic E-state index is 9.48. The van der Waals surface area contributed by atoms with Crippen LogP contribution in [0.1, 0.15) is 20.3 Å². The highest BCUT2D eigenvalue weighted by atomic mass is 16.3. The molecule has 3 heteroatoms. The fourth-order valence-electron chi connectivity index (χ4n) is 0.886. The van der Waals surface area contributed by atoms with Gasteiger partial charge in [0.05, 0.1) is 6.10 Å². The molecule has 0 saturated heterocycles. The molecule has 0 rings (SSSR count). The average Bonchev–Trinajstić information content (AvgIpc) is 2.10. The third kappa shape index (κ3) is 5.29. The lowest BCUT2D eigenvalue weighted by atomic mass is 10.1. The molecule has 72 valence electrons. The quantitative estimate of drug-likeness (QED) is 0.398. The van der Waals surface area contributed by atoms with Gasteiger partial charge in [-0.15, -0.1) is 0 Å². The van der Waals surface area contributed by atoms with Crippen molar-refractivity contribution >= 4 is 0 Å². The number of nitrogens with one attached hydrogen (secondary N) is 1. The van der Waals surface area contributed by atoms with Crippen molar-refractivity contribution < 1.29 is 5.11 Å². The van der Waals surface area contributed by atoms with Crippen molar-refractivity contribution in [3.63, 3.8) is 0 Å². The zero-order valence-electron chi connectivity index (χ0n) is 8.01. The molecule has 0 aliphatic carbocycles. The van der Waals surface area contributed by atoms with Crippen LogP contribution in [-0.2, 0) is 0 Å². The summed E-state index contributed by atoms with van der Waals surface area (Å²) in [6.45, 7) is 6.17. The Kier molecular flexibility index (Phi) is 7.05. The highest BCUT2D eigenvalue weighted by Gasteiger charge is 2.03. The van der Waals surface area contributed by atoms with Gasteiger partial charge in [0.25, 0.3) is 0 Å². The van der Waals surface area contributed by atoms with E-state index in [1.807, 2.05) is 19.9 Å². The van der Waals surface area contributed by atoms with E-state index in [0.717, 1.165) is 25.1 Å². The first-order chi connectivity index (χ1) is 5.72. The van der Waals surface area contributed by atoms with Gasteiger partial charge in [0.2, 0.25) is 0 Å². The summed E-state index contributed by atoms with van der Waals surface area (Å²) < 4.78 is 0. The van der Waals surface area contributed by atoms with E-state index in [1.165, 1.54) is 0 Å². The molecule has 0 aliphatic heterocycles. The molecule has 0 aromatic heterocycles. The van der Waals surface area contributed by atoms with E-state index in [4.69, 9.17) is 5.73 Å². The molecule has 0 aromatic carbocycles. The molecule has 0 radical (unpaired) electrons. The van der Waals surface area contributed by atoms with Crippen LogP contribution in [-0.4, -0.2) is 30.8 Å². The number of aliphatic hydroxyl groups excluding tert-OH is 1. The van der Waals surface area contributed by atoms with Gasteiger partial charge in [-0.25, -0.2) is 0 Å². The Hall–Kier alpha value is -0.380. The molecule has 1 atom stereocenters. The van der Waals surface area contributed by atoms with Gasteiger partial charge in [-0.3, -0.25) is 0 Å². The van der Waals surface area contributed by atoms with Gasteiger partial charge in [0, 0.05) is 13.1 Å². The second-order valence-corrected chi connectivity index (χ2v) is 2.88. The van der Waals surface area contributed by atoms with E-state index in [-0.39, 0.29) is 6.10 Å². The average molecular weight is 172 g/mol. The highest BCUT2D eigenvalue weighted by Crippen LogP contribution is 2.03. The van der Waals surface area contributed by atoms with E-state index in [2.05, 4.69) is 5.32 Å². The number of allylic oxidation sites excluding steroid dienone is 1. The van der Waals surface area contributed by atoms with E-state index >= 15 is 0 Å². The minimum atomic E-state index is -0.305. The van der Waals surface area contributed by atoms with E-state index in [0.29, 0.717) is 6.54 Å². The lowest BCUT2D eigenvalue weighted by molar-refractivity contribution is 0.199. The standard InChI is InChI=1S/C9H20N2O/c1-3-8(2)9(12)4-6-11-7-5-10/h3,9,11-12H,4-7,10H2,1-2H3. The molecule has 0 fully saturated rings. The van der Waals surface area contributed by atoms with Crippen molar-refractivity contribution in [3.8, 4) is 0 Å². The lowest BCUT2D eigenvalue weighted by Crippen LogP contribution is -2.26. The predicted octanol–water partition coefficient (Wildman–Crippen LogP) is 0.252. The van der Waals surface area contributed by atoms with Crippen LogP contribution in [0.5, 0.6) is 0 Å². The molecular weight excluding hydrogens is 152 g/mol. The van der Waals surface area contributed by atoms with E-state index in [9.17, 15) is 5.11 Å². The highest BCUT2D eigenvalue weighted by molar-refractivity contribution is 5.02. The molecule has 4 N–H and O–H groups in total. The second kappa shape index (κ2) is 7.28. The van der Waals surface area contributed by atoms with Gasteiger partial charge in [-0.1, -0.05) is 6.08 Å². The second-order valence-electron chi connectivity index (χ2n) is 2.88. The van der Waals surface area contributed by atoms with Crippen LogP contribution in [0, 0.1) is 0 Å². The Bertz CT molecular complexity index is 134. The number of nitrogens with two attached hydrogens (primary N) is 1. The zero-order chi connectivity index (χ0) is 9.40. The van der Waals surface area contributed by atoms with Crippen molar-refractivity contribution in [1.82, 2.24) is 5.32 Å². The monoisotopic (exact) mass is 172 g/mol. The van der Waals surface area contributed by atoms with Crippen molar-refractivity contribution in [2.24, 2.45) is 5.73 Å². The zero-order valence-corrected chi connectivity index (χ0v) is 8.01. The number of hydrogen-bond donors (Lipinski definition) is 3. The maximum Gasteiger partial charge on any atom is 0.0759 e. The van der Waals surface area contributed by atoms with Gasteiger partial charge in [-0.05, 0) is 32.4 Å². The van der Waals surface area contributed by atoms with Crippen LogP contribution in [0.4, 0.5) is 0 Å². The molecule has 3 nitrogen and oxygen atoms in total. The Morgan fingerprint density at radius 1 is 1.58 bits per heavy atom. The Morgan fingerprint density at radius 3 is 2.75 bits per heavy atom. The first-order valence-electron chi connectivity index (χ1n) is 4.44. The Balaban J connectivity index is 3.37. The SMILES string of the molecule is CC=C(C)C(O)CCNCCN. The molecule has 1 unspecified atom stereocenters. The van der Waals surface area contributed by atoms with E-state index in [1.54, 1.807) is 0 Å². The first-order valence-corrected chi connectivity index (χ1v) is 4.44. The summed E-state index contributed by atoms with van der Waals surface area (Å²) in [5, 5.41) is 12.6. The van der Waals surface area contributed by atoms with Gasteiger partial charge < -0.3 is 16.2 Å². The molecule has 0 saturated carbocycles. The smallest absolute Gasteiger partial charge is 0.0759 e. The summed E-state index contributed by atoms with van der Waals surface area (Å²) in [4.78, 5) is 0. The fraction of sp³-hybridized carbons (Fsp3) is 0.778. The van der Waals surface area contributed by atoms with Crippen LogP contribution in [0.15, 0.2) is 11.6 Å². The van der Waals surface area contributed by atoms with E-state index < -0.39 is 0 Å². The van der Waals surface area contributed by atoms with Crippen molar-refractivity contribution in [3.05, 3.63) is 11.6 Å². The third-order valence-corrected chi connectivity index (χ3v) is 1.90. The number of rotatable bonds is 6. The predicted molar refractivity (Wildman–Crippen MR) is 52.0 cm³/mol. The Morgan fingerprint density at radius 2 is 2.25 bits per heavy atom. The maximum absolute atomic E-state index is 9.48. The van der Waals surface area contributed by atoms with Crippen molar-refractivity contribution in [2.75, 3.05) is 19.6 Å². The summed E-state index contributed by atoms with van der Waals surface area (Å²) in [5.74, 6) is 0. The molecule has 12 heavy (non-hydrogen) atoms. The molecule has 0 heterocycles. The largest absolute Gasteiger partial charge is 0.389 e. The van der Waals surface area contributed by atoms with Crippen LogP contribution in [0.3, 0.4) is 0 Å². The number of hydrogen-bond acceptors (Lipinski definition) is 3. The molecule has 0 aromatic rings. The summed E-state index contributed by atoms with van der Waals surface area (Å²) in [7, 11) is 0. The summed E-state index contributed by atoms with van der Waals surface area (Å²) in [6, 6.07) is 0. The summed E-state index contributed by atoms with van der Waals surface area (Å²) in [5.41, 5.74) is 6.33.